The quantitative estimate of drug-likeness (QED) is 0.666. The van der Waals surface area contributed by atoms with E-state index in [1.165, 1.54) is 11.9 Å². The molecule has 0 fully saturated rings. The number of aldehydes is 1. The van der Waals surface area contributed by atoms with Crippen molar-refractivity contribution in [2.24, 2.45) is 0 Å². The summed E-state index contributed by atoms with van der Waals surface area (Å²) in [6.07, 6.45) is 0.629. The van der Waals surface area contributed by atoms with Crippen LogP contribution in [0.5, 0.6) is 0 Å². The zero-order valence-corrected chi connectivity index (χ0v) is 7.13. The predicted octanol–water partition coefficient (Wildman–Crippen LogP) is 1.60. The number of halogens is 2. The fraction of sp³-hybridized carbons (Fsp3) is 0.222. The molecule has 1 aromatic carbocycles. The van der Waals surface area contributed by atoms with Crippen LogP contribution in [0, 0.1) is 11.6 Å². The lowest BCUT2D eigenvalue weighted by atomic mass is 10.2. The van der Waals surface area contributed by atoms with Crippen LogP contribution in [0.1, 0.15) is 0 Å². The van der Waals surface area contributed by atoms with Gasteiger partial charge in [-0.2, -0.15) is 0 Å². The topological polar surface area (TPSA) is 20.3 Å². The molecular weight excluding hydrogens is 176 g/mol. The van der Waals surface area contributed by atoms with Gasteiger partial charge in [0.1, 0.15) is 17.9 Å². The molecule has 0 aromatic heterocycles. The first-order valence-corrected chi connectivity index (χ1v) is 3.75. The van der Waals surface area contributed by atoms with Gasteiger partial charge in [-0.05, 0) is 12.1 Å². The van der Waals surface area contributed by atoms with Crippen LogP contribution in [0.3, 0.4) is 0 Å². The average Bonchev–Trinajstić information content (AvgIpc) is 2.09. The van der Waals surface area contributed by atoms with E-state index in [4.69, 9.17) is 0 Å². The van der Waals surface area contributed by atoms with Crippen molar-refractivity contribution in [3.63, 3.8) is 0 Å². The summed E-state index contributed by atoms with van der Waals surface area (Å²) in [5, 5.41) is 0. The summed E-state index contributed by atoms with van der Waals surface area (Å²) in [5.74, 6) is -1.06. The van der Waals surface area contributed by atoms with Crippen LogP contribution in [0.2, 0.25) is 0 Å². The Bertz CT molecular complexity index is 314. The molecule has 1 aromatic rings. The lowest BCUT2D eigenvalue weighted by Crippen LogP contribution is -2.20. The average molecular weight is 185 g/mol. The number of likely N-dealkylation sites (N-methyl/N-ethyl adjacent to an activating group) is 1. The van der Waals surface area contributed by atoms with Crippen molar-refractivity contribution in [2.75, 3.05) is 18.5 Å². The van der Waals surface area contributed by atoms with Gasteiger partial charge in [0.2, 0.25) is 0 Å². The fourth-order valence-electron chi connectivity index (χ4n) is 0.988. The number of carbonyl (C=O) groups is 1. The Labute approximate surface area is 74.8 Å². The predicted molar refractivity (Wildman–Crippen MR) is 45.7 cm³/mol. The van der Waals surface area contributed by atoms with Crippen LogP contribution in [-0.4, -0.2) is 19.9 Å². The number of rotatable bonds is 3. The minimum Gasteiger partial charge on any atom is -0.365 e. The van der Waals surface area contributed by atoms with Gasteiger partial charge < -0.3 is 9.69 Å². The minimum absolute atomic E-state index is 0.0420. The molecule has 0 saturated heterocycles. The third-order valence-electron chi connectivity index (χ3n) is 1.67. The molecule has 0 N–H and O–H groups in total. The molecule has 70 valence electrons. The number of carbonyl (C=O) groups excluding carboxylic acids is 1. The highest BCUT2D eigenvalue weighted by Crippen LogP contribution is 2.18. The number of nitrogens with zero attached hydrogens (tertiary/aromatic N) is 1. The summed E-state index contributed by atoms with van der Waals surface area (Å²) < 4.78 is 25.7. The monoisotopic (exact) mass is 185 g/mol. The molecule has 1 rings (SSSR count). The van der Waals surface area contributed by atoms with Gasteiger partial charge in [0.25, 0.3) is 0 Å². The van der Waals surface area contributed by atoms with Gasteiger partial charge >= 0.3 is 0 Å². The molecule has 0 heterocycles. The molecular formula is C9H9F2NO. The second-order valence-electron chi connectivity index (χ2n) is 2.64. The van der Waals surface area contributed by atoms with Gasteiger partial charge in [0.15, 0.2) is 0 Å². The highest BCUT2D eigenvalue weighted by Gasteiger charge is 2.07. The first kappa shape index (κ1) is 9.64. The van der Waals surface area contributed by atoms with E-state index in [0.29, 0.717) is 6.29 Å². The first-order valence-electron chi connectivity index (χ1n) is 3.75. The van der Waals surface area contributed by atoms with Crippen molar-refractivity contribution in [1.29, 1.82) is 0 Å². The Morgan fingerprint density at radius 2 is 2.15 bits per heavy atom. The second kappa shape index (κ2) is 3.98. The van der Waals surface area contributed by atoms with Crippen molar-refractivity contribution in [1.82, 2.24) is 0 Å². The third-order valence-corrected chi connectivity index (χ3v) is 1.67. The lowest BCUT2D eigenvalue weighted by Gasteiger charge is -2.16. The van der Waals surface area contributed by atoms with Gasteiger partial charge in [-0.25, -0.2) is 8.78 Å². The van der Waals surface area contributed by atoms with Crippen LogP contribution in [-0.2, 0) is 4.79 Å². The van der Waals surface area contributed by atoms with Gasteiger partial charge in [-0.3, -0.25) is 0 Å². The Morgan fingerprint density at radius 1 is 1.46 bits per heavy atom. The number of benzene rings is 1. The summed E-state index contributed by atoms with van der Waals surface area (Å²) in [6, 6.07) is 3.12. The maximum atomic E-state index is 13.0. The zero-order valence-electron chi connectivity index (χ0n) is 7.13. The Balaban J connectivity index is 2.97. The molecule has 0 bridgehead atoms. The highest BCUT2D eigenvalue weighted by molar-refractivity contribution is 5.61. The van der Waals surface area contributed by atoms with E-state index < -0.39 is 11.6 Å². The van der Waals surface area contributed by atoms with E-state index in [1.54, 1.807) is 0 Å². The van der Waals surface area contributed by atoms with Gasteiger partial charge in [-0.1, -0.05) is 0 Å². The van der Waals surface area contributed by atoms with Crippen LogP contribution in [0.15, 0.2) is 18.2 Å². The molecule has 0 atom stereocenters. The van der Waals surface area contributed by atoms with E-state index in [0.717, 1.165) is 18.2 Å². The molecule has 0 spiro atoms. The molecule has 0 aliphatic heterocycles. The van der Waals surface area contributed by atoms with Crippen molar-refractivity contribution in [3.05, 3.63) is 29.8 Å². The lowest BCUT2D eigenvalue weighted by molar-refractivity contribution is -0.106. The standard InChI is InChI=1S/C9H9F2NO/c1-12(4-5-13)9-6-7(10)2-3-8(9)11/h2-3,5-6H,4H2,1H3. The maximum Gasteiger partial charge on any atom is 0.146 e. The van der Waals surface area contributed by atoms with Crippen molar-refractivity contribution < 1.29 is 13.6 Å². The van der Waals surface area contributed by atoms with Crippen molar-refractivity contribution >= 4 is 12.0 Å². The molecule has 0 aliphatic carbocycles. The largest absolute Gasteiger partial charge is 0.365 e. The number of hydrogen-bond donors (Lipinski definition) is 0. The van der Waals surface area contributed by atoms with Gasteiger partial charge in [0, 0.05) is 13.1 Å². The van der Waals surface area contributed by atoms with Crippen molar-refractivity contribution in [3.8, 4) is 0 Å². The van der Waals surface area contributed by atoms with E-state index in [9.17, 15) is 13.6 Å². The second-order valence-corrected chi connectivity index (χ2v) is 2.64. The Morgan fingerprint density at radius 3 is 2.77 bits per heavy atom. The number of hydrogen-bond acceptors (Lipinski definition) is 2. The Kier molecular flexibility index (Phi) is 2.95. The van der Waals surface area contributed by atoms with Crippen LogP contribution >= 0.6 is 0 Å². The molecule has 2 nitrogen and oxygen atoms in total. The third kappa shape index (κ3) is 2.24. The molecule has 13 heavy (non-hydrogen) atoms. The minimum atomic E-state index is -0.536. The summed E-state index contributed by atoms with van der Waals surface area (Å²) in [6.45, 7) is 0.0420. The van der Waals surface area contributed by atoms with E-state index >= 15 is 0 Å². The Hall–Kier alpha value is -1.45. The van der Waals surface area contributed by atoms with E-state index in [-0.39, 0.29) is 12.2 Å². The molecule has 0 radical (unpaired) electrons. The maximum absolute atomic E-state index is 13.0. The SMILES string of the molecule is CN(CC=O)c1cc(F)ccc1F. The summed E-state index contributed by atoms with van der Waals surface area (Å²) in [5.41, 5.74) is 0.0899. The zero-order chi connectivity index (χ0) is 9.84. The van der Waals surface area contributed by atoms with E-state index in [2.05, 4.69) is 0 Å². The van der Waals surface area contributed by atoms with Crippen LogP contribution in [0.4, 0.5) is 14.5 Å². The number of anilines is 1. The summed E-state index contributed by atoms with van der Waals surface area (Å²) in [4.78, 5) is 11.5. The first-order chi connectivity index (χ1) is 6.15. The van der Waals surface area contributed by atoms with Crippen molar-refractivity contribution in [2.45, 2.75) is 0 Å². The fourth-order valence-corrected chi connectivity index (χ4v) is 0.988. The van der Waals surface area contributed by atoms with Crippen LogP contribution < -0.4 is 4.90 Å². The molecule has 0 aliphatic rings. The summed E-state index contributed by atoms with van der Waals surface area (Å²) in [7, 11) is 1.52. The molecule has 0 amide bonds. The normalized spacial score (nSPS) is 9.77. The van der Waals surface area contributed by atoms with Gasteiger partial charge in [-0.15, -0.1) is 0 Å². The molecule has 0 unspecified atom stereocenters. The van der Waals surface area contributed by atoms with Gasteiger partial charge in [0.05, 0.1) is 12.2 Å². The van der Waals surface area contributed by atoms with Crippen LogP contribution in [0.25, 0.3) is 0 Å². The van der Waals surface area contributed by atoms with E-state index in [1.807, 2.05) is 0 Å². The summed E-state index contributed by atoms with van der Waals surface area (Å²) >= 11 is 0. The smallest absolute Gasteiger partial charge is 0.146 e. The highest BCUT2D eigenvalue weighted by atomic mass is 19.1. The molecule has 4 heteroatoms. The molecule has 0 saturated carbocycles.